The first-order valence-corrected chi connectivity index (χ1v) is 11.1. The van der Waals surface area contributed by atoms with Gasteiger partial charge in [0.1, 0.15) is 17.0 Å². The average Bonchev–Trinajstić information content (AvgIpc) is 3.44. The molecule has 3 aromatic heterocycles. The van der Waals surface area contributed by atoms with E-state index in [1.54, 1.807) is 10.9 Å². The Morgan fingerprint density at radius 2 is 1.79 bits per heavy atom. The van der Waals surface area contributed by atoms with E-state index in [0.717, 1.165) is 22.6 Å². The lowest BCUT2D eigenvalue weighted by Gasteiger charge is -2.16. The van der Waals surface area contributed by atoms with Crippen molar-refractivity contribution in [2.24, 2.45) is 0 Å². The highest BCUT2D eigenvalue weighted by Crippen LogP contribution is 2.39. The fourth-order valence-electron chi connectivity index (χ4n) is 3.79. The van der Waals surface area contributed by atoms with Crippen molar-refractivity contribution >= 4 is 27.4 Å². The Balaban J connectivity index is 1.59. The number of hydrogen-bond donors (Lipinski definition) is 2. The standard InChI is InChI=1S/C24H18F3N5OS/c25-24(26,27)16-8-4-7-15(9-16)18(33)11-32-13-31-20(14-5-2-1-3-6-14)21(32)19-10-17-22(28)29-12-30-23(17)34-19/h1-10,12-13,18,33H,11H2,(H2,28,29,30). The van der Waals surface area contributed by atoms with Gasteiger partial charge in [0.05, 0.1) is 46.2 Å². The molecule has 3 heterocycles. The van der Waals surface area contributed by atoms with Gasteiger partial charge in [0.25, 0.3) is 0 Å². The maximum atomic E-state index is 13.2. The molecule has 0 fully saturated rings. The van der Waals surface area contributed by atoms with Crippen molar-refractivity contribution in [1.82, 2.24) is 19.5 Å². The topological polar surface area (TPSA) is 89.9 Å². The average molecular weight is 482 g/mol. The van der Waals surface area contributed by atoms with Crippen molar-refractivity contribution in [2.75, 3.05) is 5.73 Å². The SMILES string of the molecule is Nc1ncnc2sc(-c3c(-c4ccccc4)ncn3CC(O)c3cccc(C(F)(F)F)c3)cc12. The Kier molecular flexibility index (Phi) is 5.54. The Labute approximate surface area is 196 Å². The second-order valence-corrected chi connectivity index (χ2v) is 8.72. The summed E-state index contributed by atoms with van der Waals surface area (Å²) in [6, 6.07) is 16.1. The molecule has 172 valence electrons. The maximum Gasteiger partial charge on any atom is 0.416 e. The first-order chi connectivity index (χ1) is 16.3. The third-order valence-electron chi connectivity index (χ3n) is 5.45. The van der Waals surface area contributed by atoms with Crippen LogP contribution in [0.15, 0.2) is 73.3 Å². The molecule has 1 atom stereocenters. The van der Waals surface area contributed by atoms with Crippen LogP contribution < -0.4 is 5.73 Å². The molecule has 0 aliphatic heterocycles. The smallest absolute Gasteiger partial charge is 0.387 e. The summed E-state index contributed by atoms with van der Waals surface area (Å²) in [5, 5.41) is 11.5. The van der Waals surface area contributed by atoms with Crippen LogP contribution in [0.4, 0.5) is 19.0 Å². The van der Waals surface area contributed by atoms with Crippen LogP contribution >= 0.6 is 11.3 Å². The van der Waals surface area contributed by atoms with Gasteiger partial charge in [-0.1, -0.05) is 42.5 Å². The number of imidazole rings is 1. The van der Waals surface area contributed by atoms with E-state index in [-0.39, 0.29) is 12.1 Å². The van der Waals surface area contributed by atoms with Crippen molar-refractivity contribution in [3.63, 3.8) is 0 Å². The van der Waals surface area contributed by atoms with Crippen LogP contribution in [0.1, 0.15) is 17.2 Å². The van der Waals surface area contributed by atoms with E-state index in [1.165, 1.54) is 29.8 Å². The first kappa shape index (κ1) is 22.1. The molecule has 0 bridgehead atoms. The number of fused-ring (bicyclic) bond motifs is 1. The van der Waals surface area contributed by atoms with Gasteiger partial charge in [-0.05, 0) is 23.8 Å². The highest BCUT2D eigenvalue weighted by molar-refractivity contribution is 7.21. The van der Waals surface area contributed by atoms with Crippen molar-refractivity contribution in [1.29, 1.82) is 0 Å². The van der Waals surface area contributed by atoms with Crippen LogP contribution in [0.5, 0.6) is 0 Å². The fourth-order valence-corrected chi connectivity index (χ4v) is 4.86. The molecule has 5 aromatic rings. The van der Waals surface area contributed by atoms with Crippen molar-refractivity contribution in [3.05, 3.63) is 84.4 Å². The molecule has 34 heavy (non-hydrogen) atoms. The lowest BCUT2D eigenvalue weighted by molar-refractivity contribution is -0.137. The number of benzene rings is 2. The number of nitrogens with zero attached hydrogens (tertiary/aromatic N) is 4. The van der Waals surface area contributed by atoms with Crippen LogP contribution in [0.3, 0.4) is 0 Å². The number of alkyl halides is 3. The molecular formula is C24H18F3N5OS. The van der Waals surface area contributed by atoms with Gasteiger partial charge in [-0.3, -0.25) is 0 Å². The highest BCUT2D eigenvalue weighted by Gasteiger charge is 2.31. The number of aromatic nitrogens is 4. The Bertz CT molecular complexity index is 1460. The summed E-state index contributed by atoms with van der Waals surface area (Å²) in [5.74, 6) is 0.351. The molecule has 2 aromatic carbocycles. The second-order valence-electron chi connectivity index (χ2n) is 7.69. The molecule has 0 saturated heterocycles. The maximum absolute atomic E-state index is 13.2. The van der Waals surface area contributed by atoms with Crippen LogP contribution in [0, 0.1) is 0 Å². The van der Waals surface area contributed by atoms with Crippen molar-refractivity contribution < 1.29 is 18.3 Å². The van der Waals surface area contributed by atoms with E-state index in [2.05, 4.69) is 15.0 Å². The largest absolute Gasteiger partial charge is 0.416 e. The van der Waals surface area contributed by atoms with Gasteiger partial charge < -0.3 is 15.4 Å². The monoisotopic (exact) mass is 481 g/mol. The third kappa shape index (κ3) is 4.13. The lowest BCUT2D eigenvalue weighted by Crippen LogP contribution is -2.11. The molecule has 0 aliphatic rings. The predicted molar refractivity (Wildman–Crippen MR) is 125 cm³/mol. The zero-order valence-corrected chi connectivity index (χ0v) is 18.4. The van der Waals surface area contributed by atoms with E-state index in [0.29, 0.717) is 27.4 Å². The van der Waals surface area contributed by atoms with Crippen molar-refractivity contribution in [2.45, 2.75) is 18.8 Å². The van der Waals surface area contributed by atoms with E-state index in [9.17, 15) is 18.3 Å². The number of nitrogen functional groups attached to an aromatic ring is 1. The number of thiophene rings is 1. The number of rotatable bonds is 5. The van der Waals surface area contributed by atoms with Gasteiger partial charge in [0.15, 0.2) is 0 Å². The molecule has 0 amide bonds. The normalized spacial score (nSPS) is 12.8. The molecule has 0 aliphatic carbocycles. The van der Waals surface area contributed by atoms with Gasteiger partial charge in [0.2, 0.25) is 0 Å². The predicted octanol–water partition coefficient (Wildman–Crippen LogP) is 5.56. The third-order valence-corrected chi connectivity index (χ3v) is 6.50. The summed E-state index contributed by atoms with van der Waals surface area (Å²) >= 11 is 1.40. The Hall–Kier alpha value is -3.76. The van der Waals surface area contributed by atoms with Crippen molar-refractivity contribution in [3.8, 4) is 21.8 Å². The zero-order chi connectivity index (χ0) is 23.9. The van der Waals surface area contributed by atoms with Crippen LogP contribution in [0.25, 0.3) is 32.0 Å². The number of halogens is 3. The van der Waals surface area contributed by atoms with E-state index in [4.69, 9.17) is 5.73 Å². The summed E-state index contributed by atoms with van der Waals surface area (Å²) in [6.45, 7) is 0.00584. The minimum absolute atomic E-state index is 0.00584. The van der Waals surface area contributed by atoms with E-state index >= 15 is 0 Å². The molecule has 0 spiro atoms. The van der Waals surface area contributed by atoms with Gasteiger partial charge in [-0.25, -0.2) is 15.0 Å². The number of aliphatic hydroxyl groups excluding tert-OH is 1. The fraction of sp³-hybridized carbons (Fsp3) is 0.125. The molecular weight excluding hydrogens is 463 g/mol. The number of nitrogens with two attached hydrogens (primary N) is 1. The molecule has 10 heteroatoms. The van der Waals surface area contributed by atoms with E-state index < -0.39 is 17.8 Å². The number of anilines is 1. The molecule has 6 nitrogen and oxygen atoms in total. The number of aliphatic hydroxyl groups is 1. The second kappa shape index (κ2) is 8.54. The molecule has 1 unspecified atom stereocenters. The molecule has 3 N–H and O–H groups in total. The van der Waals surface area contributed by atoms with Gasteiger partial charge in [-0.2, -0.15) is 13.2 Å². The quantitative estimate of drug-likeness (QED) is 0.343. The molecule has 0 saturated carbocycles. The lowest BCUT2D eigenvalue weighted by atomic mass is 10.1. The Morgan fingerprint density at radius 3 is 2.53 bits per heavy atom. The summed E-state index contributed by atoms with van der Waals surface area (Å²) < 4.78 is 41.2. The zero-order valence-electron chi connectivity index (χ0n) is 17.6. The Morgan fingerprint density at radius 1 is 1.00 bits per heavy atom. The van der Waals surface area contributed by atoms with Gasteiger partial charge in [0, 0.05) is 5.56 Å². The van der Waals surface area contributed by atoms with Crippen LogP contribution in [-0.4, -0.2) is 24.6 Å². The molecule has 0 radical (unpaired) electrons. The highest BCUT2D eigenvalue weighted by atomic mass is 32.1. The summed E-state index contributed by atoms with van der Waals surface area (Å²) in [4.78, 5) is 14.4. The number of hydrogen-bond acceptors (Lipinski definition) is 6. The van der Waals surface area contributed by atoms with E-state index in [1.807, 2.05) is 36.4 Å². The van der Waals surface area contributed by atoms with Crippen LogP contribution in [-0.2, 0) is 12.7 Å². The minimum atomic E-state index is -4.49. The minimum Gasteiger partial charge on any atom is -0.387 e. The summed E-state index contributed by atoms with van der Waals surface area (Å²) in [6.07, 6.45) is -2.70. The summed E-state index contributed by atoms with van der Waals surface area (Å²) in [5.41, 5.74) is 7.63. The van der Waals surface area contributed by atoms with Crippen LogP contribution in [0.2, 0.25) is 0 Å². The van der Waals surface area contributed by atoms with Gasteiger partial charge in [-0.15, -0.1) is 11.3 Å². The summed E-state index contributed by atoms with van der Waals surface area (Å²) in [7, 11) is 0. The van der Waals surface area contributed by atoms with Gasteiger partial charge >= 0.3 is 6.18 Å². The first-order valence-electron chi connectivity index (χ1n) is 10.3. The molecule has 5 rings (SSSR count).